The highest BCUT2D eigenvalue weighted by molar-refractivity contribution is 14.1. The Labute approximate surface area is 209 Å². The summed E-state index contributed by atoms with van der Waals surface area (Å²) in [6.45, 7) is 2.01. The second-order valence-electron chi connectivity index (χ2n) is 7.11. The molecule has 1 aliphatic rings. The van der Waals surface area contributed by atoms with E-state index in [4.69, 9.17) is 9.47 Å². The number of methoxy groups -OCH3 is 1. The number of nitrogens with zero attached hydrogens (tertiary/aromatic N) is 1. The molecule has 3 aromatic rings. The number of rotatable bonds is 5. The lowest BCUT2D eigenvalue weighted by Crippen LogP contribution is -2.19. The quantitative estimate of drug-likeness (QED) is 0.184. The minimum Gasteiger partial charge on any atom is -0.493 e. The van der Waals surface area contributed by atoms with E-state index in [0.717, 1.165) is 16.8 Å². The van der Waals surface area contributed by atoms with Crippen LogP contribution in [-0.4, -0.2) is 24.2 Å². The summed E-state index contributed by atoms with van der Waals surface area (Å²) in [5.41, 5.74) is 3.10. The van der Waals surface area contributed by atoms with E-state index in [1.54, 1.807) is 36.4 Å². The van der Waals surface area contributed by atoms with Crippen LogP contribution in [0.5, 0.6) is 11.5 Å². The number of amidine groups is 1. The Hall–Kier alpha value is -3.11. The van der Waals surface area contributed by atoms with E-state index in [1.807, 2.05) is 43.3 Å². The molecular formula is C25H19IN2O4S. The second kappa shape index (κ2) is 10.2. The van der Waals surface area contributed by atoms with Gasteiger partial charge in [0.05, 0.1) is 26.8 Å². The topological polar surface area (TPSA) is 77.0 Å². The van der Waals surface area contributed by atoms with Crippen LogP contribution in [0.15, 0.2) is 76.6 Å². The monoisotopic (exact) mass is 570 g/mol. The van der Waals surface area contributed by atoms with Crippen molar-refractivity contribution in [2.45, 2.75) is 6.92 Å². The van der Waals surface area contributed by atoms with Gasteiger partial charge in [-0.2, -0.15) is 0 Å². The predicted molar refractivity (Wildman–Crippen MR) is 139 cm³/mol. The minimum atomic E-state index is -0.472. The van der Waals surface area contributed by atoms with Crippen molar-refractivity contribution in [2.75, 3.05) is 7.11 Å². The average Bonchev–Trinajstić information content (AvgIpc) is 3.15. The summed E-state index contributed by atoms with van der Waals surface area (Å²) in [4.78, 5) is 29.9. The zero-order valence-electron chi connectivity index (χ0n) is 17.8. The normalized spacial score (nSPS) is 15.5. The number of carbonyl (C=O) groups is 2. The highest BCUT2D eigenvalue weighted by Crippen LogP contribution is 2.36. The highest BCUT2D eigenvalue weighted by atomic mass is 127. The van der Waals surface area contributed by atoms with Crippen LogP contribution in [0.2, 0.25) is 0 Å². The Kier molecular flexibility index (Phi) is 7.14. The first-order valence-corrected chi connectivity index (χ1v) is 11.8. The molecule has 1 aliphatic heterocycles. The Morgan fingerprint density at radius 3 is 2.52 bits per heavy atom. The van der Waals surface area contributed by atoms with Crippen LogP contribution in [0.4, 0.5) is 5.69 Å². The van der Waals surface area contributed by atoms with Gasteiger partial charge in [0, 0.05) is 0 Å². The van der Waals surface area contributed by atoms with Crippen LogP contribution in [0.3, 0.4) is 0 Å². The van der Waals surface area contributed by atoms with Gasteiger partial charge in [-0.05, 0) is 89.3 Å². The number of halogens is 1. The van der Waals surface area contributed by atoms with Crippen LogP contribution in [0, 0.1) is 10.5 Å². The molecule has 1 saturated heterocycles. The summed E-state index contributed by atoms with van der Waals surface area (Å²) in [5.74, 6) is 0.0364. The van der Waals surface area contributed by atoms with Crippen LogP contribution in [-0.2, 0) is 4.79 Å². The predicted octanol–water partition coefficient (Wildman–Crippen LogP) is 5.72. The number of hydrogen-bond acceptors (Lipinski definition) is 6. The van der Waals surface area contributed by atoms with E-state index >= 15 is 0 Å². The molecule has 8 heteroatoms. The summed E-state index contributed by atoms with van der Waals surface area (Å²) in [6, 6.07) is 20.0. The van der Waals surface area contributed by atoms with Gasteiger partial charge in [-0.15, -0.1) is 0 Å². The van der Waals surface area contributed by atoms with E-state index in [2.05, 4.69) is 32.9 Å². The van der Waals surface area contributed by atoms with Gasteiger partial charge < -0.3 is 14.8 Å². The van der Waals surface area contributed by atoms with Gasteiger partial charge in [0.1, 0.15) is 0 Å². The smallest absolute Gasteiger partial charge is 0.343 e. The van der Waals surface area contributed by atoms with E-state index < -0.39 is 5.97 Å². The Morgan fingerprint density at radius 1 is 1.09 bits per heavy atom. The number of nitrogens with one attached hydrogen (secondary N) is 1. The largest absolute Gasteiger partial charge is 0.493 e. The number of benzene rings is 3. The van der Waals surface area contributed by atoms with Crippen molar-refractivity contribution < 1.29 is 19.1 Å². The minimum absolute atomic E-state index is 0.223. The van der Waals surface area contributed by atoms with Gasteiger partial charge >= 0.3 is 5.97 Å². The van der Waals surface area contributed by atoms with Crippen molar-refractivity contribution in [2.24, 2.45) is 4.99 Å². The molecule has 3 aromatic carbocycles. The number of thioether (sulfide) groups is 1. The Bertz CT molecular complexity index is 1270. The summed E-state index contributed by atoms with van der Waals surface area (Å²) in [5, 5.41) is 3.31. The molecule has 0 aromatic heterocycles. The SMILES string of the molecule is COc1cc(/C=C2\SC(=Nc3ccc(C)cc3)NC2=O)cc(I)c1OC(=O)c1ccccc1. The number of amides is 1. The van der Waals surface area contributed by atoms with Crippen molar-refractivity contribution in [1.29, 1.82) is 0 Å². The molecular weight excluding hydrogens is 551 g/mol. The molecule has 1 fully saturated rings. The van der Waals surface area contributed by atoms with Crippen LogP contribution < -0.4 is 14.8 Å². The zero-order chi connectivity index (χ0) is 23.4. The summed E-state index contributed by atoms with van der Waals surface area (Å²) < 4.78 is 11.7. The maximum Gasteiger partial charge on any atom is 0.343 e. The molecule has 0 aliphatic carbocycles. The zero-order valence-corrected chi connectivity index (χ0v) is 20.8. The highest BCUT2D eigenvalue weighted by Gasteiger charge is 2.24. The molecule has 6 nitrogen and oxygen atoms in total. The number of carbonyl (C=O) groups excluding carboxylic acids is 2. The molecule has 166 valence electrons. The van der Waals surface area contributed by atoms with E-state index in [9.17, 15) is 9.59 Å². The van der Waals surface area contributed by atoms with Crippen LogP contribution in [0.25, 0.3) is 6.08 Å². The molecule has 1 amide bonds. The van der Waals surface area contributed by atoms with Gasteiger partial charge in [-0.1, -0.05) is 35.9 Å². The first kappa shape index (κ1) is 23.1. The lowest BCUT2D eigenvalue weighted by Gasteiger charge is -2.12. The van der Waals surface area contributed by atoms with Crippen molar-refractivity contribution in [3.8, 4) is 11.5 Å². The second-order valence-corrected chi connectivity index (χ2v) is 9.30. The van der Waals surface area contributed by atoms with Crippen LogP contribution >= 0.6 is 34.4 Å². The average molecular weight is 570 g/mol. The summed E-state index contributed by atoms with van der Waals surface area (Å²) in [7, 11) is 1.51. The standard InChI is InChI=1S/C25H19IN2O4S/c1-15-8-10-18(11-9-15)27-25-28-23(29)21(33-25)14-16-12-19(26)22(20(13-16)31-2)32-24(30)17-6-4-3-5-7-17/h3-14H,1-2H3,(H,27,28,29)/b21-14-. The molecule has 0 radical (unpaired) electrons. The lowest BCUT2D eigenvalue weighted by molar-refractivity contribution is -0.115. The molecule has 0 saturated carbocycles. The molecule has 33 heavy (non-hydrogen) atoms. The Balaban J connectivity index is 1.57. The molecule has 0 atom stereocenters. The van der Waals surface area contributed by atoms with Gasteiger partial charge in [0.15, 0.2) is 16.7 Å². The number of hydrogen-bond donors (Lipinski definition) is 1. The number of aliphatic imine (C=N–C) groups is 1. The van der Waals surface area contributed by atoms with Crippen molar-refractivity contribution in [1.82, 2.24) is 5.32 Å². The summed E-state index contributed by atoms with van der Waals surface area (Å²) in [6.07, 6.45) is 1.76. The first-order valence-electron chi connectivity index (χ1n) is 9.94. The maximum atomic E-state index is 12.5. The molecule has 4 rings (SSSR count). The van der Waals surface area contributed by atoms with E-state index in [-0.39, 0.29) is 5.91 Å². The molecule has 1 N–H and O–H groups in total. The number of aryl methyl sites for hydroxylation is 1. The van der Waals surface area contributed by atoms with Crippen molar-refractivity contribution >= 4 is 63.2 Å². The van der Waals surface area contributed by atoms with Gasteiger partial charge in [-0.3, -0.25) is 4.79 Å². The third-order valence-electron chi connectivity index (χ3n) is 4.67. The fraction of sp³-hybridized carbons (Fsp3) is 0.0800. The molecule has 1 heterocycles. The fourth-order valence-electron chi connectivity index (χ4n) is 3.02. The van der Waals surface area contributed by atoms with E-state index in [1.165, 1.54) is 18.9 Å². The number of ether oxygens (including phenoxy) is 2. The van der Waals surface area contributed by atoms with Gasteiger partial charge in [-0.25, -0.2) is 9.79 Å². The van der Waals surface area contributed by atoms with Crippen LogP contribution in [0.1, 0.15) is 21.5 Å². The van der Waals surface area contributed by atoms with Gasteiger partial charge in [0.25, 0.3) is 5.91 Å². The summed E-state index contributed by atoms with van der Waals surface area (Å²) >= 11 is 3.35. The molecule has 0 unspecified atom stereocenters. The van der Waals surface area contributed by atoms with Gasteiger partial charge in [0.2, 0.25) is 0 Å². The Morgan fingerprint density at radius 2 is 1.82 bits per heavy atom. The van der Waals surface area contributed by atoms with Crippen molar-refractivity contribution in [3.63, 3.8) is 0 Å². The third kappa shape index (κ3) is 5.63. The fourth-order valence-corrected chi connectivity index (χ4v) is 4.59. The van der Waals surface area contributed by atoms with Crippen molar-refractivity contribution in [3.05, 3.63) is 91.9 Å². The third-order valence-corrected chi connectivity index (χ3v) is 6.38. The van der Waals surface area contributed by atoms with E-state index in [0.29, 0.717) is 30.7 Å². The molecule has 0 bridgehead atoms. The first-order chi connectivity index (χ1) is 15.9. The maximum absolute atomic E-state index is 12.5. The number of esters is 1. The molecule has 0 spiro atoms. The lowest BCUT2D eigenvalue weighted by atomic mass is 10.1.